The molecule has 4 aliphatic rings. The molecule has 2 aromatic rings. The van der Waals surface area contributed by atoms with Gasteiger partial charge in [0.05, 0.1) is 25.0 Å². The standard InChI is InChI=1S/C29H33FN4O5/c30-23-7-2-1-6-22(23)24-17-25(21-8-9-26-27(16-21)39-19-38-26)34(31-24)28(35)18-33(29(36)20-4-3-5-20)11-10-32-12-14-37-15-13-32/h1-2,6-9,16,20,25H,3-5,10-15,17-19H2/t25-/m1/s1. The zero-order valence-electron chi connectivity index (χ0n) is 21.9. The summed E-state index contributed by atoms with van der Waals surface area (Å²) in [7, 11) is 0. The maximum Gasteiger partial charge on any atom is 0.262 e. The van der Waals surface area contributed by atoms with Crippen LogP contribution in [0.25, 0.3) is 0 Å². The van der Waals surface area contributed by atoms with Crippen molar-refractivity contribution in [1.29, 1.82) is 0 Å². The third-order valence-corrected chi connectivity index (χ3v) is 8.01. The van der Waals surface area contributed by atoms with E-state index in [9.17, 15) is 14.0 Å². The molecule has 0 spiro atoms. The Hall–Kier alpha value is -3.50. The highest BCUT2D eigenvalue weighted by Gasteiger charge is 2.37. The Morgan fingerprint density at radius 3 is 2.62 bits per heavy atom. The van der Waals surface area contributed by atoms with Gasteiger partial charge in [-0.25, -0.2) is 9.40 Å². The first kappa shape index (κ1) is 25.8. The molecule has 0 unspecified atom stereocenters. The van der Waals surface area contributed by atoms with Gasteiger partial charge in [0, 0.05) is 44.1 Å². The summed E-state index contributed by atoms with van der Waals surface area (Å²) < 4.78 is 31.2. The van der Waals surface area contributed by atoms with Gasteiger partial charge in [-0.3, -0.25) is 14.5 Å². The Balaban J connectivity index is 1.25. The summed E-state index contributed by atoms with van der Waals surface area (Å²) in [5.74, 6) is 0.570. The smallest absolute Gasteiger partial charge is 0.262 e. The van der Waals surface area contributed by atoms with Crippen LogP contribution in [0.15, 0.2) is 47.6 Å². The summed E-state index contributed by atoms with van der Waals surface area (Å²) in [5.41, 5.74) is 1.68. The number of rotatable bonds is 8. The van der Waals surface area contributed by atoms with Crippen LogP contribution in [-0.4, -0.2) is 85.1 Å². The highest BCUT2D eigenvalue weighted by molar-refractivity contribution is 6.03. The number of carbonyl (C=O) groups excluding carboxylic acids is 2. The van der Waals surface area contributed by atoms with Gasteiger partial charge in [-0.15, -0.1) is 0 Å². The monoisotopic (exact) mass is 536 g/mol. The second-order valence-corrected chi connectivity index (χ2v) is 10.4. The lowest BCUT2D eigenvalue weighted by Crippen LogP contribution is -2.49. The van der Waals surface area contributed by atoms with Gasteiger partial charge in [-0.05, 0) is 36.6 Å². The minimum atomic E-state index is -0.457. The van der Waals surface area contributed by atoms with Gasteiger partial charge in [-0.1, -0.05) is 30.7 Å². The van der Waals surface area contributed by atoms with Crippen LogP contribution in [-0.2, 0) is 14.3 Å². The molecule has 1 atom stereocenters. The zero-order chi connectivity index (χ0) is 26.8. The van der Waals surface area contributed by atoms with Crippen molar-refractivity contribution < 1.29 is 28.2 Å². The Kier molecular flexibility index (Phi) is 7.47. The fourth-order valence-corrected chi connectivity index (χ4v) is 5.48. The molecule has 1 aliphatic carbocycles. The van der Waals surface area contributed by atoms with Crippen molar-refractivity contribution in [2.24, 2.45) is 11.0 Å². The highest BCUT2D eigenvalue weighted by atomic mass is 19.1. The second-order valence-electron chi connectivity index (χ2n) is 10.4. The van der Waals surface area contributed by atoms with Crippen LogP contribution >= 0.6 is 0 Å². The lowest BCUT2D eigenvalue weighted by molar-refractivity contribution is -0.145. The summed E-state index contributed by atoms with van der Waals surface area (Å²) in [4.78, 5) is 31.2. The fourth-order valence-electron chi connectivity index (χ4n) is 5.48. The maximum atomic E-state index is 14.7. The molecular formula is C29H33FN4O5. The van der Waals surface area contributed by atoms with Crippen LogP contribution in [0, 0.1) is 11.7 Å². The number of amides is 2. The number of carbonyl (C=O) groups is 2. The van der Waals surface area contributed by atoms with E-state index in [1.54, 1.807) is 23.1 Å². The van der Waals surface area contributed by atoms with Crippen molar-refractivity contribution in [1.82, 2.24) is 14.8 Å². The van der Waals surface area contributed by atoms with Crippen LogP contribution in [0.5, 0.6) is 11.5 Å². The van der Waals surface area contributed by atoms with Crippen LogP contribution < -0.4 is 9.47 Å². The van der Waals surface area contributed by atoms with Gasteiger partial charge in [0.25, 0.3) is 5.91 Å². The first-order valence-corrected chi connectivity index (χ1v) is 13.7. The summed E-state index contributed by atoms with van der Waals surface area (Å²) in [6.07, 6.45) is 3.10. The van der Waals surface area contributed by atoms with Gasteiger partial charge >= 0.3 is 0 Å². The van der Waals surface area contributed by atoms with E-state index in [0.717, 1.165) is 37.9 Å². The minimum absolute atomic E-state index is 0.0248. The number of nitrogens with zero attached hydrogens (tertiary/aromatic N) is 4. The molecule has 2 amide bonds. The fraction of sp³-hybridized carbons (Fsp3) is 0.483. The predicted octanol–water partition coefficient (Wildman–Crippen LogP) is 3.19. The van der Waals surface area contributed by atoms with Gasteiger partial charge in [0.1, 0.15) is 12.4 Å². The number of hydrazone groups is 1. The first-order valence-electron chi connectivity index (χ1n) is 13.7. The Morgan fingerprint density at radius 2 is 1.85 bits per heavy atom. The average molecular weight is 537 g/mol. The third-order valence-electron chi connectivity index (χ3n) is 8.01. The van der Waals surface area contributed by atoms with Crippen LogP contribution in [0.3, 0.4) is 0 Å². The summed E-state index contributed by atoms with van der Waals surface area (Å²) in [6, 6.07) is 11.5. The van der Waals surface area contributed by atoms with Crippen LogP contribution in [0.1, 0.15) is 42.9 Å². The van der Waals surface area contributed by atoms with Crippen molar-refractivity contribution in [3.05, 3.63) is 59.4 Å². The molecule has 1 saturated carbocycles. The molecule has 1 saturated heterocycles. The Morgan fingerprint density at radius 1 is 1.05 bits per heavy atom. The molecule has 9 nitrogen and oxygen atoms in total. The van der Waals surface area contributed by atoms with Gasteiger partial charge in [-0.2, -0.15) is 5.10 Å². The highest BCUT2D eigenvalue weighted by Crippen LogP contribution is 2.39. The van der Waals surface area contributed by atoms with E-state index in [2.05, 4.69) is 10.0 Å². The van der Waals surface area contributed by atoms with E-state index in [0.29, 0.717) is 55.5 Å². The van der Waals surface area contributed by atoms with Gasteiger partial charge in [0.2, 0.25) is 12.7 Å². The lowest BCUT2D eigenvalue weighted by Gasteiger charge is -2.34. The number of halogens is 1. The maximum absolute atomic E-state index is 14.7. The molecule has 3 heterocycles. The van der Waals surface area contributed by atoms with E-state index >= 15 is 0 Å². The third kappa shape index (κ3) is 5.49. The number of hydrogen-bond donors (Lipinski definition) is 0. The quantitative estimate of drug-likeness (QED) is 0.516. The van der Waals surface area contributed by atoms with Crippen LogP contribution in [0.4, 0.5) is 4.39 Å². The van der Waals surface area contributed by atoms with Crippen molar-refractivity contribution in [3.8, 4) is 11.5 Å². The van der Waals surface area contributed by atoms with Crippen LogP contribution in [0.2, 0.25) is 0 Å². The number of fused-ring (bicyclic) bond motifs is 1. The van der Waals surface area contributed by atoms with E-state index in [1.165, 1.54) is 11.1 Å². The summed E-state index contributed by atoms with van der Waals surface area (Å²) in [5, 5.41) is 6.06. The average Bonchev–Trinajstić information content (AvgIpc) is 3.58. The SMILES string of the molecule is O=C(C1CCC1)N(CCN1CCOCC1)CC(=O)N1N=C(c2ccccc2F)C[C@@H]1c1ccc2c(c1)OCO2. The van der Waals surface area contributed by atoms with Gasteiger partial charge in [0.15, 0.2) is 11.5 Å². The van der Waals surface area contributed by atoms with E-state index in [-0.39, 0.29) is 36.9 Å². The second kappa shape index (κ2) is 11.3. The first-order chi connectivity index (χ1) is 19.1. The molecule has 6 rings (SSSR count). The topological polar surface area (TPSA) is 83.9 Å². The molecule has 10 heteroatoms. The minimum Gasteiger partial charge on any atom is -0.454 e. The molecular weight excluding hydrogens is 503 g/mol. The Labute approximate surface area is 227 Å². The Bertz CT molecular complexity index is 1260. The molecule has 0 radical (unpaired) electrons. The number of morpholine rings is 1. The van der Waals surface area contributed by atoms with E-state index in [4.69, 9.17) is 14.2 Å². The lowest BCUT2D eigenvalue weighted by atomic mass is 9.84. The van der Waals surface area contributed by atoms with Crippen molar-refractivity contribution >= 4 is 17.5 Å². The summed E-state index contributed by atoms with van der Waals surface area (Å²) >= 11 is 0. The number of hydrogen-bond acceptors (Lipinski definition) is 7. The number of benzene rings is 2. The largest absolute Gasteiger partial charge is 0.454 e. The zero-order valence-corrected chi connectivity index (χ0v) is 21.9. The van der Waals surface area contributed by atoms with Crippen molar-refractivity contribution in [2.75, 3.05) is 52.7 Å². The van der Waals surface area contributed by atoms with E-state index in [1.807, 2.05) is 18.2 Å². The molecule has 0 bridgehead atoms. The van der Waals surface area contributed by atoms with Crippen molar-refractivity contribution in [3.63, 3.8) is 0 Å². The molecule has 0 N–H and O–H groups in total. The van der Waals surface area contributed by atoms with Gasteiger partial charge < -0.3 is 19.1 Å². The molecule has 0 aromatic heterocycles. The predicted molar refractivity (Wildman–Crippen MR) is 141 cm³/mol. The normalized spacial score (nSPS) is 21.0. The molecule has 2 aromatic carbocycles. The van der Waals surface area contributed by atoms with E-state index < -0.39 is 6.04 Å². The number of ether oxygens (including phenoxy) is 3. The molecule has 2 fully saturated rings. The molecule has 206 valence electrons. The molecule has 3 aliphatic heterocycles. The summed E-state index contributed by atoms with van der Waals surface area (Å²) in [6.45, 7) is 4.20. The van der Waals surface area contributed by atoms with Crippen molar-refractivity contribution in [2.45, 2.75) is 31.7 Å². The molecule has 39 heavy (non-hydrogen) atoms.